The number of nitrogens with one attached hydrogen (secondary N) is 1. The van der Waals surface area contributed by atoms with Gasteiger partial charge in [0.05, 0.1) is 33.4 Å². The van der Waals surface area contributed by atoms with E-state index in [0.717, 1.165) is 17.4 Å². The summed E-state index contributed by atoms with van der Waals surface area (Å²) in [6.45, 7) is 3.12. The lowest BCUT2D eigenvalue weighted by Crippen LogP contribution is -2.58. The van der Waals surface area contributed by atoms with E-state index in [1.165, 1.54) is 18.8 Å². The Morgan fingerprint density at radius 1 is 1.25 bits per heavy atom. The van der Waals surface area contributed by atoms with E-state index in [4.69, 9.17) is 4.74 Å². The molecule has 2 atom stereocenters. The number of alkyl halides is 3. The number of thiophene rings is 1. The van der Waals surface area contributed by atoms with E-state index in [2.05, 4.69) is 20.4 Å². The van der Waals surface area contributed by atoms with Crippen LogP contribution in [0.4, 0.5) is 23.8 Å². The lowest BCUT2D eigenvalue weighted by Gasteiger charge is -2.45. The lowest BCUT2D eigenvalue weighted by atomic mass is 9.99. The van der Waals surface area contributed by atoms with E-state index in [0.29, 0.717) is 32.5 Å². The van der Waals surface area contributed by atoms with Crippen molar-refractivity contribution >= 4 is 39.4 Å². The number of halogens is 3. The zero-order valence-corrected chi connectivity index (χ0v) is 20.3. The molecule has 0 spiro atoms. The van der Waals surface area contributed by atoms with Crippen LogP contribution < -0.4 is 10.2 Å². The molecule has 0 bridgehead atoms. The molecule has 10 nitrogen and oxygen atoms in total. The Morgan fingerprint density at radius 3 is 2.61 bits per heavy atom. The van der Waals surface area contributed by atoms with Gasteiger partial charge in [0.25, 0.3) is 5.91 Å². The second kappa shape index (κ2) is 9.22. The monoisotopic (exact) mass is 523 g/mol. The molecule has 36 heavy (non-hydrogen) atoms. The van der Waals surface area contributed by atoms with E-state index in [1.807, 2.05) is 6.92 Å². The van der Waals surface area contributed by atoms with Gasteiger partial charge in [0.2, 0.25) is 0 Å². The average molecular weight is 524 g/mol. The minimum Gasteiger partial charge on any atom is -0.446 e. The number of hydrogen-bond donors (Lipinski definition) is 1. The van der Waals surface area contributed by atoms with Gasteiger partial charge in [-0.1, -0.05) is 0 Å². The SMILES string of the molecule is CNC(=O)c1csc2c(C(F)(F)F)cc(N3CCC(OC(=O)N4C[C@@H](n5cncn5)[C@@H]4C)CC3)nc12. The molecule has 14 heteroatoms. The van der Waals surface area contributed by atoms with Gasteiger partial charge in [0.1, 0.15) is 24.6 Å². The Hall–Kier alpha value is -3.42. The molecular formula is C22H24F3N7O3S. The van der Waals surface area contributed by atoms with Gasteiger partial charge in [0, 0.05) is 44.9 Å². The lowest BCUT2D eigenvalue weighted by molar-refractivity contribution is -0.136. The molecule has 0 unspecified atom stereocenters. The van der Waals surface area contributed by atoms with Crippen LogP contribution in [0.5, 0.6) is 0 Å². The van der Waals surface area contributed by atoms with Crippen molar-refractivity contribution < 1.29 is 27.5 Å². The number of hydrogen-bond acceptors (Lipinski definition) is 8. The fourth-order valence-electron chi connectivity index (χ4n) is 4.60. The van der Waals surface area contributed by atoms with Crippen LogP contribution in [-0.4, -0.2) is 75.5 Å². The first-order valence-corrected chi connectivity index (χ1v) is 12.3. The summed E-state index contributed by atoms with van der Waals surface area (Å²) in [7, 11) is 1.42. The Balaban J connectivity index is 1.26. The first kappa shape index (κ1) is 24.3. The van der Waals surface area contributed by atoms with Crippen LogP contribution in [0.15, 0.2) is 24.1 Å². The zero-order chi connectivity index (χ0) is 25.6. The van der Waals surface area contributed by atoms with Gasteiger partial charge >= 0.3 is 12.3 Å². The van der Waals surface area contributed by atoms with E-state index < -0.39 is 23.7 Å². The topological polar surface area (TPSA) is 105 Å². The first-order chi connectivity index (χ1) is 17.2. The molecule has 2 aliphatic rings. The molecule has 0 aliphatic carbocycles. The maximum absolute atomic E-state index is 13.8. The molecule has 2 fully saturated rings. The summed E-state index contributed by atoms with van der Waals surface area (Å²) in [5, 5.41) is 7.96. The maximum atomic E-state index is 13.8. The summed E-state index contributed by atoms with van der Waals surface area (Å²) in [4.78, 5) is 36.5. The van der Waals surface area contributed by atoms with E-state index in [-0.39, 0.29) is 39.8 Å². The summed E-state index contributed by atoms with van der Waals surface area (Å²) in [5.41, 5.74) is -0.669. The summed E-state index contributed by atoms with van der Waals surface area (Å²) in [6.07, 6.45) is -1.38. The van der Waals surface area contributed by atoms with Crippen LogP contribution in [-0.2, 0) is 10.9 Å². The Morgan fingerprint density at radius 2 is 2.00 bits per heavy atom. The number of piperidine rings is 1. The first-order valence-electron chi connectivity index (χ1n) is 11.4. The molecule has 2 amide bonds. The Kier molecular flexibility index (Phi) is 6.22. The second-order valence-corrected chi connectivity index (χ2v) is 9.72. The van der Waals surface area contributed by atoms with Gasteiger partial charge in [-0.05, 0) is 13.0 Å². The Bertz CT molecular complexity index is 1270. The largest absolute Gasteiger partial charge is 0.446 e. The number of anilines is 1. The maximum Gasteiger partial charge on any atom is 0.417 e. The number of nitrogens with zero attached hydrogens (tertiary/aromatic N) is 6. The fraction of sp³-hybridized carbons (Fsp3) is 0.500. The minimum absolute atomic E-state index is 0.0337. The number of carbonyl (C=O) groups is 2. The van der Waals surface area contributed by atoms with Crippen LogP contribution in [0.25, 0.3) is 10.2 Å². The van der Waals surface area contributed by atoms with Gasteiger partial charge in [0.15, 0.2) is 0 Å². The van der Waals surface area contributed by atoms with Crippen LogP contribution in [0.3, 0.4) is 0 Å². The number of ether oxygens (including phenoxy) is 1. The van der Waals surface area contributed by atoms with Crippen molar-refractivity contribution in [2.45, 2.75) is 44.1 Å². The highest BCUT2D eigenvalue weighted by molar-refractivity contribution is 7.17. The molecule has 0 radical (unpaired) electrons. The third kappa shape index (κ3) is 4.33. The summed E-state index contributed by atoms with van der Waals surface area (Å²) in [6, 6.07) is 0.990. The number of rotatable bonds is 4. The van der Waals surface area contributed by atoms with Gasteiger partial charge in [-0.15, -0.1) is 11.3 Å². The molecule has 2 saturated heterocycles. The number of aromatic nitrogens is 4. The number of fused-ring (bicyclic) bond motifs is 1. The molecule has 5 heterocycles. The number of pyridine rings is 1. The molecular weight excluding hydrogens is 499 g/mol. The molecule has 0 aromatic carbocycles. The van der Waals surface area contributed by atoms with Crippen LogP contribution in [0, 0.1) is 0 Å². The zero-order valence-electron chi connectivity index (χ0n) is 19.5. The van der Waals surface area contributed by atoms with Crippen molar-refractivity contribution in [1.29, 1.82) is 0 Å². The highest BCUT2D eigenvalue weighted by Gasteiger charge is 2.42. The molecule has 3 aromatic heterocycles. The van der Waals surface area contributed by atoms with Crippen molar-refractivity contribution in [3.63, 3.8) is 0 Å². The van der Waals surface area contributed by atoms with Gasteiger partial charge in [-0.25, -0.2) is 19.4 Å². The van der Waals surface area contributed by atoms with Gasteiger partial charge < -0.3 is 19.9 Å². The molecule has 2 aliphatic heterocycles. The molecule has 1 N–H and O–H groups in total. The third-order valence-electron chi connectivity index (χ3n) is 6.76. The highest BCUT2D eigenvalue weighted by atomic mass is 32.1. The minimum atomic E-state index is -4.59. The summed E-state index contributed by atoms with van der Waals surface area (Å²) >= 11 is 0.850. The number of amides is 2. The summed E-state index contributed by atoms with van der Waals surface area (Å²) < 4.78 is 48.8. The molecule has 0 saturated carbocycles. The quantitative estimate of drug-likeness (QED) is 0.559. The smallest absolute Gasteiger partial charge is 0.417 e. The van der Waals surface area contributed by atoms with Crippen molar-refractivity contribution in [3.8, 4) is 0 Å². The Labute approximate surface area is 208 Å². The van der Waals surface area contributed by atoms with Crippen LogP contribution in [0.2, 0.25) is 0 Å². The van der Waals surface area contributed by atoms with Crippen molar-refractivity contribution in [2.24, 2.45) is 0 Å². The van der Waals surface area contributed by atoms with Gasteiger partial charge in [-0.2, -0.15) is 18.3 Å². The van der Waals surface area contributed by atoms with E-state index in [9.17, 15) is 22.8 Å². The third-order valence-corrected chi connectivity index (χ3v) is 7.77. The number of carbonyl (C=O) groups excluding carboxylic acids is 2. The number of likely N-dealkylation sites (tertiary alicyclic amines) is 1. The highest BCUT2D eigenvalue weighted by Crippen LogP contribution is 2.40. The predicted octanol–water partition coefficient (Wildman–Crippen LogP) is 3.32. The standard InChI is InChI=1S/C22H24F3N7O3S/c1-12-16(32-11-27-10-28-32)8-31(12)21(34)35-13-3-5-30(6-4-13)17-7-15(22(23,24)25)19-18(29-17)14(9-36-19)20(33)26-2/h7,9-13,16H,3-6,8H2,1-2H3,(H,26,33)/t12-,16+/m0/s1. The second-order valence-electron chi connectivity index (χ2n) is 8.84. The van der Waals surface area contributed by atoms with E-state index >= 15 is 0 Å². The fourth-order valence-corrected chi connectivity index (χ4v) is 5.62. The molecule has 192 valence electrons. The van der Waals surface area contributed by atoms with Crippen LogP contribution >= 0.6 is 11.3 Å². The van der Waals surface area contributed by atoms with E-state index in [1.54, 1.807) is 20.8 Å². The summed E-state index contributed by atoms with van der Waals surface area (Å²) in [5.74, 6) is -0.342. The van der Waals surface area contributed by atoms with Crippen molar-refractivity contribution in [1.82, 2.24) is 30.0 Å². The van der Waals surface area contributed by atoms with Crippen molar-refractivity contribution in [2.75, 3.05) is 31.6 Å². The predicted molar refractivity (Wildman–Crippen MR) is 125 cm³/mol. The average Bonchev–Trinajstić information content (AvgIpc) is 3.52. The molecule has 5 rings (SSSR count). The van der Waals surface area contributed by atoms with Crippen molar-refractivity contribution in [3.05, 3.63) is 35.2 Å². The molecule has 3 aromatic rings. The normalized spacial score (nSPS) is 20.9. The van der Waals surface area contributed by atoms with Crippen LogP contribution in [0.1, 0.15) is 41.7 Å². The van der Waals surface area contributed by atoms with Gasteiger partial charge in [-0.3, -0.25) is 4.79 Å².